The Morgan fingerprint density at radius 2 is 1.93 bits per heavy atom. The van der Waals surface area contributed by atoms with E-state index in [2.05, 4.69) is 15.9 Å². The van der Waals surface area contributed by atoms with Crippen LogP contribution in [0.15, 0.2) is 12.1 Å². The van der Waals surface area contributed by atoms with E-state index in [4.69, 9.17) is 4.74 Å². The van der Waals surface area contributed by atoms with Gasteiger partial charge in [-0.15, -0.1) is 0 Å². The van der Waals surface area contributed by atoms with Gasteiger partial charge in [-0.2, -0.15) is 0 Å². The molecule has 3 heteroatoms. The Bertz CT molecular complexity index is 383. The average molecular weight is 271 g/mol. The van der Waals surface area contributed by atoms with E-state index in [0.717, 1.165) is 22.4 Å². The highest BCUT2D eigenvalue weighted by atomic mass is 79.9. The molecule has 0 fully saturated rings. The molecule has 0 aliphatic heterocycles. The molecule has 82 valence electrons. The summed E-state index contributed by atoms with van der Waals surface area (Å²) in [7, 11) is 1.64. The molecule has 0 amide bonds. The molecule has 0 aliphatic carbocycles. The summed E-state index contributed by atoms with van der Waals surface area (Å²) in [4.78, 5) is 11.7. The van der Waals surface area contributed by atoms with E-state index >= 15 is 0 Å². The van der Waals surface area contributed by atoms with E-state index in [1.54, 1.807) is 7.11 Å². The summed E-state index contributed by atoms with van der Waals surface area (Å²) in [5, 5.41) is 0. The molecule has 0 saturated heterocycles. The predicted octanol–water partition coefficient (Wildman–Crippen LogP) is 3.28. The molecule has 0 bridgehead atoms. The third-order valence-corrected chi connectivity index (χ3v) is 2.78. The van der Waals surface area contributed by atoms with Gasteiger partial charge in [-0.1, -0.05) is 15.9 Å². The molecular formula is C12H15BrO2. The molecular weight excluding hydrogens is 256 g/mol. The fourth-order valence-electron chi connectivity index (χ4n) is 1.49. The Morgan fingerprint density at radius 1 is 1.33 bits per heavy atom. The second-order valence-corrected chi connectivity index (χ2v) is 4.99. The smallest absolute Gasteiger partial charge is 0.176 e. The van der Waals surface area contributed by atoms with Crippen LogP contribution in [0.2, 0.25) is 0 Å². The zero-order valence-electron chi connectivity index (χ0n) is 9.43. The molecule has 0 aliphatic rings. The van der Waals surface area contributed by atoms with Crippen molar-refractivity contribution in [3.8, 4) is 5.75 Å². The fraction of sp³-hybridized carbons (Fsp3) is 0.417. The number of methoxy groups -OCH3 is 1. The van der Waals surface area contributed by atoms with Gasteiger partial charge in [-0.25, -0.2) is 0 Å². The molecule has 1 rings (SSSR count). The Hall–Kier alpha value is -0.830. The van der Waals surface area contributed by atoms with Crippen LogP contribution in [0.25, 0.3) is 0 Å². The van der Waals surface area contributed by atoms with Gasteiger partial charge in [0, 0.05) is 5.56 Å². The normalized spacial score (nSPS) is 12.3. The van der Waals surface area contributed by atoms with Crippen LogP contribution in [0, 0.1) is 13.8 Å². The van der Waals surface area contributed by atoms with Gasteiger partial charge in [0.25, 0.3) is 0 Å². The monoisotopic (exact) mass is 270 g/mol. The van der Waals surface area contributed by atoms with Crippen molar-refractivity contribution in [3.05, 3.63) is 28.8 Å². The lowest BCUT2D eigenvalue weighted by Crippen LogP contribution is -2.12. The highest BCUT2D eigenvalue weighted by Gasteiger charge is 2.15. The summed E-state index contributed by atoms with van der Waals surface area (Å²) in [5.74, 6) is 0.935. The maximum atomic E-state index is 11.8. The standard InChI is InChI=1S/C12H15BrO2/c1-7-6-11(15-4)8(2)5-10(7)12(14)9(3)13/h5-6,9H,1-4H3. The lowest BCUT2D eigenvalue weighted by atomic mass is 10.00. The van der Waals surface area contributed by atoms with Crippen molar-refractivity contribution in [1.82, 2.24) is 0 Å². The first-order chi connectivity index (χ1) is 6.97. The second kappa shape index (κ2) is 4.79. The Kier molecular flexibility index (Phi) is 3.91. The van der Waals surface area contributed by atoms with Gasteiger partial charge < -0.3 is 4.74 Å². The predicted molar refractivity (Wildman–Crippen MR) is 65.2 cm³/mol. The van der Waals surface area contributed by atoms with Crippen LogP contribution in [0.4, 0.5) is 0 Å². The van der Waals surface area contributed by atoms with Crippen LogP contribution in [0.5, 0.6) is 5.75 Å². The lowest BCUT2D eigenvalue weighted by Gasteiger charge is -2.11. The van der Waals surface area contributed by atoms with Crippen LogP contribution < -0.4 is 4.74 Å². The quantitative estimate of drug-likeness (QED) is 0.623. The number of carbonyl (C=O) groups is 1. The molecule has 0 saturated carbocycles. The molecule has 1 unspecified atom stereocenters. The Balaban J connectivity index is 3.22. The molecule has 1 aromatic carbocycles. The van der Waals surface area contributed by atoms with E-state index in [1.165, 1.54) is 0 Å². The van der Waals surface area contributed by atoms with Crippen molar-refractivity contribution < 1.29 is 9.53 Å². The number of aryl methyl sites for hydroxylation is 2. The van der Waals surface area contributed by atoms with Crippen LogP contribution in [-0.4, -0.2) is 17.7 Å². The average Bonchev–Trinajstić information content (AvgIpc) is 2.19. The largest absolute Gasteiger partial charge is 0.496 e. The Labute approximate surface area is 98.8 Å². The molecule has 0 radical (unpaired) electrons. The summed E-state index contributed by atoms with van der Waals surface area (Å²) >= 11 is 3.29. The first-order valence-corrected chi connectivity index (χ1v) is 5.72. The minimum absolute atomic E-state index is 0.109. The number of hydrogen-bond acceptors (Lipinski definition) is 2. The number of rotatable bonds is 3. The first-order valence-electron chi connectivity index (χ1n) is 4.81. The topological polar surface area (TPSA) is 26.3 Å². The summed E-state index contributed by atoms with van der Waals surface area (Å²) in [6.45, 7) is 5.69. The molecule has 1 atom stereocenters. The first kappa shape index (κ1) is 12.2. The van der Waals surface area contributed by atoms with Crippen molar-refractivity contribution in [2.45, 2.75) is 25.6 Å². The van der Waals surface area contributed by atoms with E-state index in [9.17, 15) is 4.79 Å². The van der Waals surface area contributed by atoms with Crippen molar-refractivity contribution in [2.75, 3.05) is 7.11 Å². The van der Waals surface area contributed by atoms with Gasteiger partial charge >= 0.3 is 0 Å². The van der Waals surface area contributed by atoms with Gasteiger partial charge in [0.2, 0.25) is 0 Å². The number of ether oxygens (including phenoxy) is 1. The van der Waals surface area contributed by atoms with Crippen molar-refractivity contribution >= 4 is 21.7 Å². The molecule has 15 heavy (non-hydrogen) atoms. The van der Waals surface area contributed by atoms with Gasteiger partial charge in [-0.3, -0.25) is 4.79 Å². The number of Topliss-reactive ketones (excluding diaryl/α,β-unsaturated/α-hetero) is 1. The number of carbonyl (C=O) groups excluding carboxylic acids is 1. The van der Waals surface area contributed by atoms with Crippen molar-refractivity contribution in [1.29, 1.82) is 0 Å². The highest BCUT2D eigenvalue weighted by Crippen LogP contribution is 2.24. The molecule has 2 nitrogen and oxygen atoms in total. The molecule has 0 spiro atoms. The van der Waals surface area contributed by atoms with Crippen LogP contribution in [0.3, 0.4) is 0 Å². The zero-order chi connectivity index (χ0) is 11.6. The number of halogens is 1. The van der Waals surface area contributed by atoms with Crippen LogP contribution in [-0.2, 0) is 0 Å². The number of ketones is 1. The van der Waals surface area contributed by atoms with Gasteiger partial charge in [-0.05, 0) is 44.0 Å². The fourth-order valence-corrected chi connectivity index (χ4v) is 1.74. The minimum atomic E-state index is -0.149. The maximum absolute atomic E-state index is 11.8. The highest BCUT2D eigenvalue weighted by molar-refractivity contribution is 9.10. The van der Waals surface area contributed by atoms with E-state index < -0.39 is 0 Å². The van der Waals surface area contributed by atoms with Crippen molar-refractivity contribution in [3.63, 3.8) is 0 Å². The summed E-state index contributed by atoms with van der Waals surface area (Å²) in [6.07, 6.45) is 0. The number of hydrogen-bond donors (Lipinski definition) is 0. The number of alkyl halides is 1. The van der Waals surface area contributed by atoms with Crippen LogP contribution in [0.1, 0.15) is 28.4 Å². The van der Waals surface area contributed by atoms with E-state index in [1.807, 2.05) is 32.9 Å². The molecule has 0 aromatic heterocycles. The molecule has 0 N–H and O–H groups in total. The summed E-state index contributed by atoms with van der Waals surface area (Å²) in [5.41, 5.74) is 2.70. The SMILES string of the molecule is COc1cc(C)c(C(=O)C(C)Br)cc1C. The molecule has 0 heterocycles. The van der Waals surface area contributed by atoms with Gasteiger partial charge in [0.05, 0.1) is 11.9 Å². The van der Waals surface area contributed by atoms with Gasteiger partial charge in [0.1, 0.15) is 5.75 Å². The summed E-state index contributed by atoms with van der Waals surface area (Å²) < 4.78 is 5.20. The maximum Gasteiger partial charge on any atom is 0.176 e. The molecule has 1 aromatic rings. The third kappa shape index (κ3) is 2.59. The summed E-state index contributed by atoms with van der Waals surface area (Å²) in [6, 6.07) is 3.78. The third-order valence-electron chi connectivity index (χ3n) is 2.37. The van der Waals surface area contributed by atoms with E-state index in [-0.39, 0.29) is 10.6 Å². The zero-order valence-corrected chi connectivity index (χ0v) is 11.0. The van der Waals surface area contributed by atoms with Gasteiger partial charge in [0.15, 0.2) is 5.78 Å². The van der Waals surface area contributed by atoms with E-state index in [0.29, 0.717) is 0 Å². The Morgan fingerprint density at radius 3 is 2.40 bits per heavy atom. The second-order valence-electron chi connectivity index (χ2n) is 3.62. The lowest BCUT2D eigenvalue weighted by molar-refractivity contribution is 0.0995. The van der Waals surface area contributed by atoms with Crippen LogP contribution >= 0.6 is 15.9 Å². The van der Waals surface area contributed by atoms with Crippen molar-refractivity contribution in [2.24, 2.45) is 0 Å². The number of benzene rings is 1. The minimum Gasteiger partial charge on any atom is -0.496 e.